The molecule has 1 aliphatic heterocycles. The third-order valence-corrected chi connectivity index (χ3v) is 5.15. The van der Waals surface area contributed by atoms with Crippen LogP contribution in [-0.4, -0.2) is 37.7 Å². The Morgan fingerprint density at radius 1 is 1.40 bits per heavy atom. The van der Waals surface area contributed by atoms with Gasteiger partial charge in [-0.15, -0.1) is 11.3 Å². The van der Waals surface area contributed by atoms with Crippen molar-refractivity contribution in [3.8, 4) is 11.5 Å². The van der Waals surface area contributed by atoms with E-state index in [1.54, 1.807) is 25.3 Å². The van der Waals surface area contributed by atoms with Crippen molar-refractivity contribution in [3.05, 3.63) is 35.3 Å². The van der Waals surface area contributed by atoms with Crippen molar-refractivity contribution in [2.75, 3.05) is 25.7 Å². The molecule has 1 unspecified atom stereocenters. The largest absolute Gasteiger partial charge is 0.497 e. The van der Waals surface area contributed by atoms with E-state index in [4.69, 9.17) is 9.47 Å². The van der Waals surface area contributed by atoms with E-state index in [2.05, 4.69) is 10.3 Å². The molecule has 1 aliphatic rings. The molecule has 6 nitrogen and oxygen atoms in total. The molecule has 7 heteroatoms. The molecule has 1 aromatic heterocycles. The molecule has 0 saturated carbocycles. The molecule has 3 rings (SSSR count). The van der Waals surface area contributed by atoms with Crippen LogP contribution in [0.25, 0.3) is 0 Å². The zero-order valence-electron chi connectivity index (χ0n) is 14.5. The SMILES string of the molecule is COc1ccc(CN(C(=O)CC2CCCN2)c2nccs2)c(OC)c1. The van der Waals surface area contributed by atoms with E-state index in [9.17, 15) is 4.79 Å². The minimum atomic E-state index is 0.0761. The number of rotatable bonds is 7. The zero-order valence-corrected chi connectivity index (χ0v) is 15.3. The maximum absolute atomic E-state index is 12.9. The van der Waals surface area contributed by atoms with Crippen molar-refractivity contribution in [3.63, 3.8) is 0 Å². The molecule has 134 valence electrons. The smallest absolute Gasteiger partial charge is 0.230 e. The van der Waals surface area contributed by atoms with Gasteiger partial charge in [-0.3, -0.25) is 9.69 Å². The van der Waals surface area contributed by atoms with Crippen LogP contribution in [0.5, 0.6) is 11.5 Å². The van der Waals surface area contributed by atoms with Crippen molar-refractivity contribution >= 4 is 22.4 Å². The first kappa shape index (κ1) is 17.7. The lowest BCUT2D eigenvalue weighted by atomic mass is 10.1. The summed E-state index contributed by atoms with van der Waals surface area (Å²) in [6.07, 6.45) is 4.38. The number of amides is 1. The highest BCUT2D eigenvalue weighted by Gasteiger charge is 2.25. The van der Waals surface area contributed by atoms with Gasteiger partial charge in [0.25, 0.3) is 0 Å². The normalized spacial score (nSPS) is 16.6. The van der Waals surface area contributed by atoms with Gasteiger partial charge >= 0.3 is 0 Å². The Labute approximate surface area is 151 Å². The average molecular weight is 361 g/mol. The van der Waals surface area contributed by atoms with Crippen LogP contribution in [0.15, 0.2) is 29.8 Å². The van der Waals surface area contributed by atoms with Crippen LogP contribution in [0.2, 0.25) is 0 Å². The zero-order chi connectivity index (χ0) is 17.6. The second kappa shape index (κ2) is 8.31. The standard InChI is InChI=1S/C18H23N3O3S/c1-23-15-6-5-13(16(11-15)24-2)12-21(18-20-8-9-25-18)17(22)10-14-4-3-7-19-14/h5-6,8-9,11,14,19H,3-4,7,10,12H2,1-2H3. The number of carbonyl (C=O) groups excluding carboxylic acids is 1. The van der Waals surface area contributed by atoms with E-state index in [-0.39, 0.29) is 11.9 Å². The molecule has 0 spiro atoms. The number of aromatic nitrogens is 1. The Morgan fingerprint density at radius 3 is 2.92 bits per heavy atom. The van der Waals surface area contributed by atoms with E-state index in [1.807, 2.05) is 23.6 Å². The fourth-order valence-electron chi connectivity index (χ4n) is 3.02. The van der Waals surface area contributed by atoms with Crippen molar-refractivity contribution < 1.29 is 14.3 Å². The fraction of sp³-hybridized carbons (Fsp3) is 0.444. The molecule has 1 saturated heterocycles. The molecule has 1 fully saturated rings. The van der Waals surface area contributed by atoms with Crippen LogP contribution in [-0.2, 0) is 11.3 Å². The summed E-state index contributed by atoms with van der Waals surface area (Å²) in [4.78, 5) is 19.0. The number of nitrogens with zero attached hydrogens (tertiary/aromatic N) is 2. The second-order valence-electron chi connectivity index (χ2n) is 5.97. The van der Waals surface area contributed by atoms with Crippen LogP contribution in [0.4, 0.5) is 5.13 Å². The van der Waals surface area contributed by atoms with E-state index in [1.165, 1.54) is 11.3 Å². The number of hydrogen-bond donors (Lipinski definition) is 1. The van der Waals surface area contributed by atoms with Crippen LogP contribution in [0.1, 0.15) is 24.8 Å². The van der Waals surface area contributed by atoms with E-state index < -0.39 is 0 Å². The molecule has 25 heavy (non-hydrogen) atoms. The predicted octanol–water partition coefficient (Wildman–Crippen LogP) is 2.84. The lowest BCUT2D eigenvalue weighted by Crippen LogP contribution is -2.35. The summed E-state index contributed by atoms with van der Waals surface area (Å²) in [6, 6.07) is 5.89. The number of anilines is 1. The maximum Gasteiger partial charge on any atom is 0.230 e. The lowest BCUT2D eigenvalue weighted by Gasteiger charge is -2.23. The minimum absolute atomic E-state index is 0.0761. The Morgan fingerprint density at radius 2 is 2.28 bits per heavy atom. The van der Waals surface area contributed by atoms with Crippen molar-refractivity contribution in [2.45, 2.75) is 31.8 Å². The highest BCUT2D eigenvalue weighted by atomic mass is 32.1. The van der Waals surface area contributed by atoms with Gasteiger partial charge < -0.3 is 14.8 Å². The van der Waals surface area contributed by atoms with Crippen molar-refractivity contribution in [1.82, 2.24) is 10.3 Å². The second-order valence-corrected chi connectivity index (χ2v) is 6.84. The summed E-state index contributed by atoms with van der Waals surface area (Å²) >= 11 is 1.47. The number of carbonyl (C=O) groups is 1. The molecule has 0 radical (unpaired) electrons. The van der Waals surface area contributed by atoms with Gasteiger partial charge in [0, 0.05) is 35.7 Å². The fourth-order valence-corrected chi connectivity index (χ4v) is 3.68. The number of benzene rings is 1. The van der Waals surface area contributed by atoms with E-state index >= 15 is 0 Å². The number of ether oxygens (including phenoxy) is 2. The monoisotopic (exact) mass is 361 g/mol. The Kier molecular flexibility index (Phi) is 5.88. The van der Waals surface area contributed by atoms with Gasteiger partial charge in [-0.25, -0.2) is 4.98 Å². The van der Waals surface area contributed by atoms with Gasteiger partial charge in [-0.2, -0.15) is 0 Å². The summed E-state index contributed by atoms with van der Waals surface area (Å²) in [5, 5.41) is 5.98. The van der Waals surface area contributed by atoms with Gasteiger partial charge in [-0.05, 0) is 31.5 Å². The number of thiazole rings is 1. The molecule has 1 N–H and O–H groups in total. The molecule has 1 aromatic carbocycles. The number of hydrogen-bond acceptors (Lipinski definition) is 6. The molecule has 1 amide bonds. The molecule has 2 aromatic rings. The summed E-state index contributed by atoms with van der Waals surface area (Å²) < 4.78 is 10.7. The van der Waals surface area contributed by atoms with Gasteiger partial charge in [0.2, 0.25) is 5.91 Å². The summed E-state index contributed by atoms with van der Waals surface area (Å²) in [5.74, 6) is 1.50. The lowest BCUT2D eigenvalue weighted by molar-refractivity contribution is -0.119. The highest BCUT2D eigenvalue weighted by Crippen LogP contribution is 2.29. The predicted molar refractivity (Wildman–Crippen MR) is 98.5 cm³/mol. The van der Waals surface area contributed by atoms with Crippen molar-refractivity contribution in [1.29, 1.82) is 0 Å². The highest BCUT2D eigenvalue weighted by molar-refractivity contribution is 7.13. The van der Waals surface area contributed by atoms with E-state index in [0.29, 0.717) is 23.8 Å². The van der Waals surface area contributed by atoms with Gasteiger partial charge in [-0.1, -0.05) is 0 Å². The summed E-state index contributed by atoms with van der Waals surface area (Å²) in [7, 11) is 3.24. The van der Waals surface area contributed by atoms with E-state index in [0.717, 1.165) is 30.7 Å². The molecule has 2 heterocycles. The van der Waals surface area contributed by atoms with Crippen LogP contribution < -0.4 is 19.7 Å². The topological polar surface area (TPSA) is 63.7 Å². The minimum Gasteiger partial charge on any atom is -0.497 e. The molecule has 0 aliphatic carbocycles. The van der Waals surface area contributed by atoms with Gasteiger partial charge in [0.15, 0.2) is 5.13 Å². The summed E-state index contributed by atoms with van der Waals surface area (Å²) in [5.41, 5.74) is 0.922. The average Bonchev–Trinajstić information content (AvgIpc) is 3.33. The molecular weight excluding hydrogens is 338 g/mol. The third kappa shape index (κ3) is 4.29. The molecule has 1 atom stereocenters. The Balaban J connectivity index is 1.81. The quantitative estimate of drug-likeness (QED) is 0.822. The van der Waals surface area contributed by atoms with Crippen molar-refractivity contribution in [2.24, 2.45) is 0 Å². The first-order valence-electron chi connectivity index (χ1n) is 8.35. The number of methoxy groups -OCH3 is 2. The van der Waals surface area contributed by atoms with Gasteiger partial charge in [0.05, 0.1) is 20.8 Å². The van der Waals surface area contributed by atoms with Crippen LogP contribution in [0, 0.1) is 0 Å². The van der Waals surface area contributed by atoms with Gasteiger partial charge in [0.1, 0.15) is 11.5 Å². The third-order valence-electron chi connectivity index (χ3n) is 4.36. The summed E-state index contributed by atoms with van der Waals surface area (Å²) in [6.45, 7) is 1.41. The Hall–Kier alpha value is -2.12. The molecular formula is C18H23N3O3S. The first-order chi connectivity index (χ1) is 12.2. The Bertz CT molecular complexity index is 700. The van der Waals surface area contributed by atoms with Crippen LogP contribution in [0.3, 0.4) is 0 Å². The first-order valence-corrected chi connectivity index (χ1v) is 9.23. The van der Waals surface area contributed by atoms with Crippen LogP contribution >= 0.6 is 11.3 Å². The maximum atomic E-state index is 12.9. The molecule has 0 bridgehead atoms. The number of nitrogens with one attached hydrogen (secondary N) is 1.